The number of rotatable bonds is 5. The average Bonchev–Trinajstić information content (AvgIpc) is 2.46. The number of benzene rings is 1. The summed E-state index contributed by atoms with van der Waals surface area (Å²) in [6.07, 6.45) is 3.09. The van der Waals surface area contributed by atoms with Crippen molar-refractivity contribution in [1.82, 2.24) is 4.90 Å². The minimum absolute atomic E-state index is 0.0216. The van der Waals surface area contributed by atoms with Crippen LogP contribution in [-0.4, -0.2) is 41.2 Å². The molecule has 1 aliphatic heterocycles. The third-order valence-corrected chi connectivity index (χ3v) is 4.11. The van der Waals surface area contributed by atoms with Crippen LogP contribution in [0.3, 0.4) is 0 Å². The van der Waals surface area contributed by atoms with E-state index in [1.165, 1.54) is 0 Å². The minimum Gasteiger partial charge on any atom is -0.396 e. The molecule has 1 unspecified atom stereocenters. The van der Waals surface area contributed by atoms with E-state index in [1.807, 2.05) is 12.1 Å². The quantitative estimate of drug-likeness (QED) is 0.662. The fourth-order valence-electron chi connectivity index (χ4n) is 2.82. The van der Waals surface area contributed by atoms with Gasteiger partial charge in [0.2, 0.25) is 0 Å². The van der Waals surface area contributed by atoms with E-state index in [0.29, 0.717) is 0 Å². The molecule has 1 aromatic rings. The fraction of sp³-hybridized carbons (Fsp3) is 0.600. The first-order valence-electron chi connectivity index (χ1n) is 7.09. The van der Waals surface area contributed by atoms with E-state index in [9.17, 15) is 15.2 Å². The van der Waals surface area contributed by atoms with Crippen molar-refractivity contribution in [1.29, 1.82) is 0 Å². The highest BCUT2D eigenvalue weighted by Crippen LogP contribution is 2.28. The second-order valence-corrected chi connectivity index (χ2v) is 6.02. The number of aliphatic hydroxyl groups excluding tert-OH is 1. The summed E-state index contributed by atoms with van der Waals surface area (Å²) in [5.74, 6) is 0. The van der Waals surface area contributed by atoms with Crippen LogP contribution < -0.4 is 0 Å². The van der Waals surface area contributed by atoms with Gasteiger partial charge in [0.1, 0.15) is 0 Å². The van der Waals surface area contributed by atoms with Crippen LogP contribution in [0.2, 0.25) is 0 Å². The number of aliphatic hydroxyl groups is 1. The largest absolute Gasteiger partial charge is 0.396 e. The monoisotopic (exact) mass is 278 g/mol. The van der Waals surface area contributed by atoms with E-state index in [2.05, 4.69) is 11.8 Å². The highest BCUT2D eigenvalue weighted by molar-refractivity contribution is 5.32. The first kappa shape index (κ1) is 14.9. The summed E-state index contributed by atoms with van der Waals surface area (Å²) in [5.41, 5.74) is 1.28. The van der Waals surface area contributed by atoms with Crippen LogP contribution >= 0.6 is 0 Å². The summed E-state index contributed by atoms with van der Waals surface area (Å²) >= 11 is 0. The Morgan fingerprint density at radius 3 is 2.70 bits per heavy atom. The molecule has 5 heteroatoms. The number of hydrogen-bond acceptors (Lipinski definition) is 4. The second-order valence-electron chi connectivity index (χ2n) is 6.02. The maximum Gasteiger partial charge on any atom is 0.269 e. The van der Waals surface area contributed by atoms with Gasteiger partial charge in [-0.25, -0.2) is 0 Å². The normalized spacial score (nSPS) is 23.7. The fourth-order valence-corrected chi connectivity index (χ4v) is 2.82. The molecule has 1 heterocycles. The summed E-state index contributed by atoms with van der Waals surface area (Å²) < 4.78 is 0. The summed E-state index contributed by atoms with van der Waals surface area (Å²) in [5, 5.41) is 20.0. The van der Waals surface area contributed by atoms with Crippen molar-refractivity contribution in [2.24, 2.45) is 5.41 Å². The molecule has 20 heavy (non-hydrogen) atoms. The van der Waals surface area contributed by atoms with Gasteiger partial charge in [-0.2, -0.15) is 0 Å². The molecule has 1 aromatic carbocycles. The van der Waals surface area contributed by atoms with E-state index in [0.717, 1.165) is 44.5 Å². The Labute approximate surface area is 119 Å². The van der Waals surface area contributed by atoms with Crippen molar-refractivity contribution in [2.75, 3.05) is 26.2 Å². The summed E-state index contributed by atoms with van der Waals surface area (Å²) in [4.78, 5) is 12.6. The maximum atomic E-state index is 10.6. The molecule has 5 nitrogen and oxygen atoms in total. The zero-order chi connectivity index (χ0) is 14.6. The van der Waals surface area contributed by atoms with Crippen LogP contribution in [0.5, 0.6) is 0 Å². The molecule has 0 aromatic heterocycles. The summed E-state index contributed by atoms with van der Waals surface area (Å²) in [6.45, 7) is 5.30. The molecule has 2 rings (SSSR count). The molecule has 110 valence electrons. The molecule has 0 radical (unpaired) electrons. The summed E-state index contributed by atoms with van der Waals surface area (Å²) in [7, 11) is 0. The standard InChI is InChI=1S/C15H22N2O3/c1-15(12-18)8-2-9-16(11-15)10-7-13-3-5-14(6-4-13)17(19)20/h3-6,18H,2,7-12H2,1H3. The molecule has 1 saturated heterocycles. The van der Waals surface area contributed by atoms with E-state index >= 15 is 0 Å². The Kier molecular flexibility index (Phi) is 4.73. The van der Waals surface area contributed by atoms with Gasteiger partial charge in [-0.3, -0.25) is 10.1 Å². The van der Waals surface area contributed by atoms with Crippen molar-refractivity contribution in [3.63, 3.8) is 0 Å². The third kappa shape index (κ3) is 3.77. The van der Waals surface area contributed by atoms with Crippen LogP contribution in [-0.2, 0) is 6.42 Å². The Bertz CT molecular complexity index is 461. The molecular weight excluding hydrogens is 256 g/mol. The SMILES string of the molecule is CC1(CO)CCCN(CCc2ccc([N+](=O)[O-])cc2)C1. The number of nitro benzene ring substituents is 1. The minimum atomic E-state index is -0.374. The number of piperidine rings is 1. The Morgan fingerprint density at radius 1 is 1.40 bits per heavy atom. The van der Waals surface area contributed by atoms with Crippen LogP contribution in [0, 0.1) is 15.5 Å². The maximum absolute atomic E-state index is 10.6. The number of hydrogen-bond donors (Lipinski definition) is 1. The Hall–Kier alpha value is -1.46. The number of non-ortho nitro benzene ring substituents is 1. The lowest BCUT2D eigenvalue weighted by Gasteiger charge is -2.39. The van der Waals surface area contributed by atoms with Gasteiger partial charge in [0.25, 0.3) is 5.69 Å². The zero-order valence-electron chi connectivity index (χ0n) is 11.9. The first-order chi connectivity index (χ1) is 9.52. The van der Waals surface area contributed by atoms with Gasteiger partial charge < -0.3 is 10.0 Å². The van der Waals surface area contributed by atoms with Gasteiger partial charge in [0, 0.05) is 37.2 Å². The van der Waals surface area contributed by atoms with Crippen molar-refractivity contribution in [3.05, 3.63) is 39.9 Å². The van der Waals surface area contributed by atoms with Crippen molar-refractivity contribution in [2.45, 2.75) is 26.2 Å². The molecule has 0 amide bonds. The zero-order valence-corrected chi connectivity index (χ0v) is 11.9. The molecule has 0 spiro atoms. The van der Waals surface area contributed by atoms with Gasteiger partial charge in [0.15, 0.2) is 0 Å². The molecule has 1 N–H and O–H groups in total. The van der Waals surface area contributed by atoms with Crippen LogP contribution in [0.1, 0.15) is 25.3 Å². The molecule has 0 aliphatic carbocycles. The van der Waals surface area contributed by atoms with Crippen LogP contribution in [0.4, 0.5) is 5.69 Å². The Morgan fingerprint density at radius 2 is 2.10 bits per heavy atom. The number of nitrogens with zero attached hydrogens (tertiary/aromatic N) is 2. The smallest absolute Gasteiger partial charge is 0.269 e. The lowest BCUT2D eigenvalue weighted by atomic mass is 9.83. The number of likely N-dealkylation sites (tertiary alicyclic amines) is 1. The van der Waals surface area contributed by atoms with Gasteiger partial charge in [-0.1, -0.05) is 19.1 Å². The van der Waals surface area contributed by atoms with Gasteiger partial charge in [-0.05, 0) is 31.4 Å². The molecule has 1 fully saturated rings. The lowest BCUT2D eigenvalue weighted by molar-refractivity contribution is -0.384. The average molecular weight is 278 g/mol. The molecule has 0 saturated carbocycles. The summed E-state index contributed by atoms with van der Waals surface area (Å²) in [6, 6.07) is 6.77. The van der Waals surface area contributed by atoms with Gasteiger partial charge in [-0.15, -0.1) is 0 Å². The second kappa shape index (κ2) is 6.33. The highest BCUT2D eigenvalue weighted by atomic mass is 16.6. The van der Waals surface area contributed by atoms with Gasteiger partial charge in [0.05, 0.1) is 4.92 Å². The first-order valence-corrected chi connectivity index (χ1v) is 7.09. The van der Waals surface area contributed by atoms with E-state index in [-0.39, 0.29) is 22.6 Å². The predicted molar refractivity (Wildman–Crippen MR) is 77.7 cm³/mol. The predicted octanol–water partition coefficient (Wildman–Crippen LogP) is 2.23. The topological polar surface area (TPSA) is 66.6 Å². The van der Waals surface area contributed by atoms with Crippen LogP contribution in [0.25, 0.3) is 0 Å². The Balaban J connectivity index is 1.87. The van der Waals surface area contributed by atoms with Crippen molar-refractivity contribution < 1.29 is 10.0 Å². The van der Waals surface area contributed by atoms with Crippen molar-refractivity contribution in [3.8, 4) is 0 Å². The molecule has 1 atom stereocenters. The van der Waals surface area contributed by atoms with Crippen molar-refractivity contribution >= 4 is 5.69 Å². The lowest BCUT2D eigenvalue weighted by Crippen LogP contribution is -2.44. The number of nitro groups is 1. The highest BCUT2D eigenvalue weighted by Gasteiger charge is 2.29. The molecule has 0 bridgehead atoms. The molecule has 1 aliphatic rings. The van der Waals surface area contributed by atoms with Crippen LogP contribution in [0.15, 0.2) is 24.3 Å². The van der Waals surface area contributed by atoms with E-state index in [4.69, 9.17) is 0 Å². The molecular formula is C15H22N2O3. The van der Waals surface area contributed by atoms with E-state index < -0.39 is 0 Å². The van der Waals surface area contributed by atoms with E-state index in [1.54, 1.807) is 12.1 Å². The third-order valence-electron chi connectivity index (χ3n) is 4.11. The van der Waals surface area contributed by atoms with Gasteiger partial charge >= 0.3 is 0 Å².